The molecule has 0 spiro atoms. The Bertz CT molecular complexity index is 1610. The van der Waals surface area contributed by atoms with Crippen molar-refractivity contribution in [3.05, 3.63) is 120 Å². The Morgan fingerprint density at radius 2 is 1.14 bits per heavy atom. The minimum absolute atomic E-state index is 0.358. The van der Waals surface area contributed by atoms with Crippen LogP contribution in [0.4, 0.5) is 11.4 Å². The van der Waals surface area contributed by atoms with E-state index in [1.807, 2.05) is 72.8 Å². The van der Waals surface area contributed by atoms with Gasteiger partial charge in [0.1, 0.15) is 5.25 Å². The van der Waals surface area contributed by atoms with Gasteiger partial charge < -0.3 is 9.80 Å². The maximum absolute atomic E-state index is 14.4. The monoisotopic (exact) mass is 608 g/mol. The maximum atomic E-state index is 14.4. The molecule has 0 heterocycles. The van der Waals surface area contributed by atoms with Crippen LogP contribution in [0.25, 0.3) is 16.8 Å². The average molecular weight is 609 g/mol. The highest BCUT2D eigenvalue weighted by molar-refractivity contribution is 7.92. The first-order valence-electron chi connectivity index (χ1n) is 16.2. The highest BCUT2D eigenvalue weighted by Gasteiger charge is 2.28. The van der Waals surface area contributed by atoms with E-state index in [-0.39, 0.29) is 0 Å². The van der Waals surface area contributed by atoms with E-state index >= 15 is 0 Å². The van der Waals surface area contributed by atoms with E-state index in [1.165, 1.54) is 5.69 Å². The molecule has 0 radical (unpaired) electrons. The van der Waals surface area contributed by atoms with Gasteiger partial charge in [-0.15, -0.1) is 0 Å². The van der Waals surface area contributed by atoms with Crippen molar-refractivity contribution in [2.75, 3.05) is 36.0 Å². The topological polar surface area (TPSA) is 40.6 Å². The number of sulfone groups is 1. The first-order chi connectivity index (χ1) is 21.4. The maximum Gasteiger partial charge on any atom is 0.189 e. The fraction of sp³-hybridized carbons (Fsp3) is 0.333. The summed E-state index contributed by atoms with van der Waals surface area (Å²) in [6.07, 6.45) is 12.0. The van der Waals surface area contributed by atoms with Crippen LogP contribution in [-0.4, -0.2) is 34.6 Å². The number of allylic oxidation sites excluding steroid dienone is 2. The van der Waals surface area contributed by atoms with Crippen LogP contribution >= 0.6 is 0 Å². The molecule has 0 amide bonds. The Kier molecular flexibility index (Phi) is 12.3. The molecule has 44 heavy (non-hydrogen) atoms. The fourth-order valence-electron chi connectivity index (χ4n) is 5.80. The summed E-state index contributed by atoms with van der Waals surface area (Å²) in [6.45, 7) is 12.8. The lowest BCUT2D eigenvalue weighted by molar-refractivity contribution is 0.591. The lowest BCUT2D eigenvalue weighted by atomic mass is 10.1. The van der Waals surface area contributed by atoms with Gasteiger partial charge in [0.2, 0.25) is 0 Å². The van der Waals surface area contributed by atoms with E-state index in [9.17, 15) is 8.42 Å². The van der Waals surface area contributed by atoms with Gasteiger partial charge in [-0.25, -0.2) is 8.42 Å². The summed E-state index contributed by atoms with van der Waals surface area (Å²) in [6, 6.07) is 29.9. The zero-order valence-corrected chi connectivity index (χ0v) is 27.6. The zero-order valence-electron chi connectivity index (χ0n) is 26.8. The third-order valence-corrected chi connectivity index (χ3v) is 9.96. The molecular formula is C39H48N2O2S. The number of rotatable bonds is 16. The predicted molar refractivity (Wildman–Crippen MR) is 191 cm³/mol. The Morgan fingerprint density at radius 1 is 0.614 bits per heavy atom. The van der Waals surface area contributed by atoms with Gasteiger partial charge in [-0.1, -0.05) is 113 Å². The third kappa shape index (κ3) is 8.21. The molecule has 4 rings (SSSR count). The molecule has 0 fully saturated rings. The molecule has 232 valence electrons. The second kappa shape index (κ2) is 16.3. The average Bonchev–Trinajstić information content (AvgIpc) is 3.04. The third-order valence-electron chi connectivity index (χ3n) is 7.90. The molecule has 4 nitrogen and oxygen atoms in total. The number of benzene rings is 4. The second-order valence-electron chi connectivity index (χ2n) is 11.3. The molecule has 4 aromatic rings. The van der Waals surface area contributed by atoms with Gasteiger partial charge in [0, 0.05) is 42.9 Å². The van der Waals surface area contributed by atoms with Gasteiger partial charge in [0.25, 0.3) is 0 Å². The Balaban J connectivity index is 1.66. The Morgan fingerprint density at radius 3 is 1.70 bits per heavy atom. The highest BCUT2D eigenvalue weighted by Crippen LogP contribution is 2.35. The van der Waals surface area contributed by atoms with E-state index < -0.39 is 15.1 Å². The molecule has 0 saturated heterocycles. The van der Waals surface area contributed by atoms with Gasteiger partial charge in [0.15, 0.2) is 9.84 Å². The van der Waals surface area contributed by atoms with Crippen LogP contribution in [0, 0.1) is 0 Å². The molecule has 1 unspecified atom stereocenters. The lowest BCUT2D eigenvalue weighted by Crippen LogP contribution is -2.24. The number of hydrogen-bond acceptors (Lipinski definition) is 4. The summed E-state index contributed by atoms with van der Waals surface area (Å²) < 4.78 is 28.7. The van der Waals surface area contributed by atoms with Crippen molar-refractivity contribution in [1.29, 1.82) is 0 Å². The van der Waals surface area contributed by atoms with Crippen LogP contribution in [0.5, 0.6) is 0 Å². The van der Waals surface area contributed by atoms with E-state index in [0.717, 1.165) is 79.4 Å². The van der Waals surface area contributed by atoms with Crippen molar-refractivity contribution in [1.82, 2.24) is 0 Å². The standard InChI is InChI=1S/C39H48N2O2S/c1-5-28-40(29-6-2)35-24-20-32(21-25-35)14-9-12-18-38(34-22-26-36(27-23-34)41(30-7-3)31-8-4)44(42,43)39-19-13-16-33-15-10-11-17-37(33)39/h9-27,38H,5-8,28-31H2,1-4H3. The van der Waals surface area contributed by atoms with Crippen LogP contribution in [-0.2, 0) is 9.84 Å². The Hall–Kier alpha value is -3.83. The first kappa shape index (κ1) is 33.1. The van der Waals surface area contributed by atoms with Gasteiger partial charge in [-0.2, -0.15) is 0 Å². The predicted octanol–water partition coefficient (Wildman–Crippen LogP) is 9.88. The van der Waals surface area contributed by atoms with Crippen LogP contribution < -0.4 is 9.80 Å². The lowest BCUT2D eigenvalue weighted by Gasteiger charge is -2.24. The molecule has 0 aromatic heterocycles. The van der Waals surface area contributed by atoms with Gasteiger partial charge in [0.05, 0.1) is 4.90 Å². The minimum atomic E-state index is -3.75. The largest absolute Gasteiger partial charge is 0.372 e. The first-order valence-corrected chi connectivity index (χ1v) is 17.7. The van der Waals surface area contributed by atoms with E-state index in [1.54, 1.807) is 6.07 Å². The number of anilines is 2. The molecule has 0 N–H and O–H groups in total. The number of fused-ring (bicyclic) bond motifs is 1. The zero-order chi connectivity index (χ0) is 31.4. The van der Waals surface area contributed by atoms with Gasteiger partial charge in [-0.05, 0) is 72.5 Å². The quantitative estimate of drug-likeness (QED) is 0.119. The normalized spacial score (nSPS) is 12.7. The van der Waals surface area contributed by atoms with Crippen molar-refractivity contribution in [2.24, 2.45) is 0 Å². The highest BCUT2D eigenvalue weighted by atomic mass is 32.2. The summed E-state index contributed by atoms with van der Waals surface area (Å²) in [5.41, 5.74) is 4.21. The molecule has 1 atom stereocenters. The van der Waals surface area contributed by atoms with Crippen molar-refractivity contribution in [3.63, 3.8) is 0 Å². The molecule has 0 aliphatic rings. The summed E-state index contributed by atoms with van der Waals surface area (Å²) in [5.74, 6) is 0. The van der Waals surface area contributed by atoms with Crippen LogP contribution in [0.15, 0.2) is 114 Å². The number of hydrogen-bond donors (Lipinski definition) is 0. The van der Waals surface area contributed by atoms with Crippen LogP contribution in [0.2, 0.25) is 0 Å². The van der Waals surface area contributed by atoms with E-state index in [4.69, 9.17) is 0 Å². The molecule has 4 aromatic carbocycles. The summed E-state index contributed by atoms with van der Waals surface area (Å²) in [4.78, 5) is 5.15. The van der Waals surface area contributed by atoms with Crippen LogP contribution in [0.3, 0.4) is 0 Å². The van der Waals surface area contributed by atoms with Crippen molar-refractivity contribution in [2.45, 2.75) is 63.5 Å². The summed E-state index contributed by atoms with van der Waals surface area (Å²) in [5, 5.41) is 0.843. The van der Waals surface area contributed by atoms with Crippen molar-refractivity contribution < 1.29 is 8.42 Å². The van der Waals surface area contributed by atoms with Gasteiger partial charge >= 0.3 is 0 Å². The molecule has 0 aliphatic carbocycles. The molecular weight excluding hydrogens is 561 g/mol. The minimum Gasteiger partial charge on any atom is -0.372 e. The van der Waals surface area contributed by atoms with E-state index in [2.05, 4.69) is 73.9 Å². The molecule has 0 aliphatic heterocycles. The van der Waals surface area contributed by atoms with E-state index in [0.29, 0.717) is 4.90 Å². The van der Waals surface area contributed by atoms with Crippen LogP contribution in [0.1, 0.15) is 69.8 Å². The fourth-order valence-corrected chi connectivity index (χ4v) is 7.64. The molecule has 0 bridgehead atoms. The summed E-state index contributed by atoms with van der Waals surface area (Å²) in [7, 11) is -3.75. The SMILES string of the molecule is CCCN(CCC)c1ccc(C=CC=CC(c2ccc(N(CCC)CCC)cc2)S(=O)(=O)c2cccc3ccccc23)cc1. The van der Waals surface area contributed by atoms with Crippen molar-refractivity contribution in [3.8, 4) is 0 Å². The van der Waals surface area contributed by atoms with Crippen molar-refractivity contribution >= 4 is 38.1 Å². The second-order valence-corrected chi connectivity index (χ2v) is 13.4. The smallest absolute Gasteiger partial charge is 0.189 e. The van der Waals surface area contributed by atoms with Gasteiger partial charge in [-0.3, -0.25) is 0 Å². The number of nitrogens with zero attached hydrogens (tertiary/aromatic N) is 2. The Labute approximate surface area is 265 Å². The summed E-state index contributed by atoms with van der Waals surface area (Å²) >= 11 is 0. The molecule has 0 saturated carbocycles. The molecule has 5 heteroatoms.